The summed E-state index contributed by atoms with van der Waals surface area (Å²) in [5.41, 5.74) is 1.23. The number of amidine groups is 1. The predicted molar refractivity (Wildman–Crippen MR) is 116 cm³/mol. The first kappa shape index (κ1) is 19.1. The van der Waals surface area contributed by atoms with Crippen molar-refractivity contribution in [3.63, 3.8) is 0 Å². The molecule has 4 rings (SSSR count). The Labute approximate surface area is 179 Å². The summed E-state index contributed by atoms with van der Waals surface area (Å²) < 4.78 is 6.22. The molecular weight excluding hydrogens is 491 g/mol. The van der Waals surface area contributed by atoms with Gasteiger partial charge in [-0.3, -0.25) is 15.1 Å². The topological polar surface area (TPSA) is 86.5 Å². The van der Waals surface area contributed by atoms with Crippen molar-refractivity contribution in [2.75, 3.05) is 12.9 Å². The van der Waals surface area contributed by atoms with Gasteiger partial charge < -0.3 is 9.84 Å². The molecule has 0 aliphatic carbocycles. The smallest absolute Gasteiger partial charge is 0.276 e. The van der Waals surface area contributed by atoms with Crippen LogP contribution in [0.2, 0.25) is 0 Å². The number of hydrogen-bond acceptors (Lipinski definition) is 7. The highest BCUT2D eigenvalue weighted by atomic mass is 127. The zero-order valence-electron chi connectivity index (χ0n) is 15.1. The molecule has 2 aliphatic rings. The number of carbonyl (C=O) groups is 1. The number of phenolic OH excluding ortho intramolecular Hbond substituents is 1. The minimum absolute atomic E-state index is 0.0938. The molecule has 2 N–H and O–H groups in total. The van der Waals surface area contributed by atoms with Crippen LogP contribution < -0.4 is 20.6 Å². The van der Waals surface area contributed by atoms with Crippen molar-refractivity contribution in [2.24, 2.45) is 10.1 Å². The van der Waals surface area contributed by atoms with Crippen LogP contribution in [0.5, 0.6) is 11.5 Å². The van der Waals surface area contributed by atoms with E-state index in [9.17, 15) is 9.90 Å². The van der Waals surface area contributed by atoms with E-state index in [-0.39, 0.29) is 11.7 Å². The minimum atomic E-state index is -0.550. The molecule has 2 aliphatic heterocycles. The number of aromatic hydroxyl groups is 1. The summed E-state index contributed by atoms with van der Waals surface area (Å²) in [5.74, 6) is 0.261. The quantitative estimate of drug-likeness (QED) is 0.619. The van der Waals surface area contributed by atoms with Crippen LogP contribution in [-0.2, 0) is 4.79 Å². The average Bonchev–Trinajstić information content (AvgIpc) is 2.70. The molecular formula is C19H17IN4O3S. The Morgan fingerprint density at radius 1 is 1.36 bits per heavy atom. The van der Waals surface area contributed by atoms with E-state index in [0.717, 1.165) is 16.1 Å². The maximum Gasteiger partial charge on any atom is 0.276 e. The lowest BCUT2D eigenvalue weighted by atomic mass is 10.1. The van der Waals surface area contributed by atoms with E-state index in [1.807, 2.05) is 43.5 Å². The second-order valence-corrected chi connectivity index (χ2v) is 8.02. The van der Waals surface area contributed by atoms with Crippen molar-refractivity contribution in [1.29, 1.82) is 0 Å². The lowest BCUT2D eigenvalue weighted by Gasteiger charge is -2.34. The summed E-state index contributed by atoms with van der Waals surface area (Å²) in [6.45, 7) is 2.28. The van der Waals surface area contributed by atoms with Crippen molar-refractivity contribution in [3.8, 4) is 11.5 Å². The van der Waals surface area contributed by atoms with Crippen LogP contribution in [0.15, 0.2) is 46.5 Å². The van der Waals surface area contributed by atoms with Gasteiger partial charge in [0.05, 0.1) is 15.5 Å². The van der Waals surface area contributed by atoms with E-state index in [2.05, 4.69) is 33.0 Å². The Bertz CT molecular complexity index is 1120. The number of carbonyl (C=O) groups excluding carboxylic acids is 1. The molecule has 2 aromatic carbocycles. The molecule has 144 valence electrons. The van der Waals surface area contributed by atoms with Gasteiger partial charge in [-0.2, -0.15) is 0 Å². The molecule has 0 saturated heterocycles. The summed E-state index contributed by atoms with van der Waals surface area (Å²) in [5, 5.41) is 21.3. The predicted octanol–water partition coefficient (Wildman–Crippen LogP) is 1.90. The molecule has 2 heterocycles. The zero-order valence-corrected chi connectivity index (χ0v) is 18.1. The number of phenols is 1. The van der Waals surface area contributed by atoms with Crippen LogP contribution in [0.3, 0.4) is 0 Å². The van der Waals surface area contributed by atoms with Crippen LogP contribution in [0.25, 0.3) is 5.70 Å². The molecule has 0 fully saturated rings. The fraction of sp³-hybridized carbons (Fsp3) is 0.211. The molecule has 1 unspecified atom stereocenters. The van der Waals surface area contributed by atoms with Gasteiger partial charge in [-0.25, -0.2) is 5.01 Å². The number of nitrogens with zero attached hydrogens (tertiary/aromatic N) is 3. The molecule has 7 nitrogen and oxygen atoms in total. The largest absolute Gasteiger partial charge is 0.504 e. The number of amides is 1. The minimum Gasteiger partial charge on any atom is -0.504 e. The van der Waals surface area contributed by atoms with Gasteiger partial charge in [-0.05, 0) is 54.0 Å². The van der Waals surface area contributed by atoms with E-state index >= 15 is 0 Å². The molecule has 1 atom stereocenters. The standard InChI is InChI=1S/C19H17IN4O3S/c1-3-27-14-9-10(8-12(20)16(14)25)17-21-13-7-5-4-6-11(13)15-18(26)22-19(28-2)23-24(15)17/h4-9,17,25H,3H2,1-2H3,(H,22,23,26). The number of benzene rings is 2. The molecule has 2 aromatic rings. The molecule has 9 heteroatoms. The van der Waals surface area contributed by atoms with Gasteiger partial charge in [0.1, 0.15) is 5.70 Å². The summed E-state index contributed by atoms with van der Waals surface area (Å²) in [6.07, 6.45) is 1.30. The molecule has 0 aromatic heterocycles. The summed E-state index contributed by atoms with van der Waals surface area (Å²) in [6, 6.07) is 11.1. The van der Waals surface area contributed by atoms with Gasteiger partial charge in [-0.1, -0.05) is 30.0 Å². The van der Waals surface area contributed by atoms with Gasteiger partial charge in [0, 0.05) is 10.8 Å². The Hall–Kier alpha value is -2.27. The fourth-order valence-corrected chi connectivity index (χ4v) is 4.13. The van der Waals surface area contributed by atoms with Crippen molar-refractivity contribution >= 4 is 51.1 Å². The van der Waals surface area contributed by atoms with E-state index in [1.54, 1.807) is 11.1 Å². The van der Waals surface area contributed by atoms with Crippen molar-refractivity contribution in [1.82, 2.24) is 10.3 Å². The Kier molecular flexibility index (Phi) is 5.19. The molecule has 1 amide bonds. The third kappa shape index (κ3) is 3.22. The first-order valence-corrected chi connectivity index (χ1v) is 10.9. The summed E-state index contributed by atoms with van der Waals surface area (Å²) in [4.78, 5) is 17.7. The number of ether oxygens (including phenoxy) is 1. The van der Waals surface area contributed by atoms with Gasteiger partial charge >= 0.3 is 0 Å². The van der Waals surface area contributed by atoms with Crippen LogP contribution in [-0.4, -0.2) is 34.1 Å². The normalized spacial score (nSPS) is 17.9. The number of fused-ring (bicyclic) bond motifs is 2. The monoisotopic (exact) mass is 508 g/mol. The van der Waals surface area contributed by atoms with Crippen molar-refractivity contribution in [2.45, 2.75) is 13.1 Å². The second kappa shape index (κ2) is 7.63. The molecule has 28 heavy (non-hydrogen) atoms. The van der Waals surface area contributed by atoms with E-state index < -0.39 is 6.17 Å². The highest BCUT2D eigenvalue weighted by Crippen LogP contribution is 2.38. The lowest BCUT2D eigenvalue weighted by Crippen LogP contribution is -2.50. The van der Waals surface area contributed by atoms with Crippen molar-refractivity contribution < 1.29 is 14.6 Å². The summed E-state index contributed by atoms with van der Waals surface area (Å²) in [7, 11) is 0. The third-order valence-electron chi connectivity index (χ3n) is 4.36. The fourth-order valence-electron chi connectivity index (χ4n) is 3.14. The maximum atomic E-state index is 12.8. The zero-order chi connectivity index (χ0) is 19.8. The number of thioether (sulfide) groups is 1. The van der Waals surface area contributed by atoms with Gasteiger partial charge in [-0.15, -0.1) is 5.10 Å². The van der Waals surface area contributed by atoms with E-state index in [4.69, 9.17) is 9.73 Å². The van der Waals surface area contributed by atoms with Crippen LogP contribution in [0, 0.1) is 3.57 Å². The lowest BCUT2D eigenvalue weighted by molar-refractivity contribution is -0.116. The number of halogens is 1. The Morgan fingerprint density at radius 2 is 2.14 bits per heavy atom. The third-order valence-corrected chi connectivity index (χ3v) is 5.75. The van der Waals surface area contributed by atoms with Gasteiger partial charge in [0.25, 0.3) is 5.91 Å². The first-order chi connectivity index (χ1) is 13.5. The number of hydrogen-bond donors (Lipinski definition) is 2. The number of nitrogens with one attached hydrogen (secondary N) is 1. The van der Waals surface area contributed by atoms with Gasteiger partial charge in [0.2, 0.25) is 0 Å². The molecule has 0 radical (unpaired) electrons. The maximum absolute atomic E-state index is 12.8. The highest BCUT2D eigenvalue weighted by Gasteiger charge is 2.34. The molecule has 0 bridgehead atoms. The first-order valence-electron chi connectivity index (χ1n) is 8.59. The second-order valence-electron chi connectivity index (χ2n) is 6.06. The van der Waals surface area contributed by atoms with Crippen LogP contribution in [0.1, 0.15) is 18.7 Å². The number of hydrazone groups is 1. The van der Waals surface area contributed by atoms with Gasteiger partial charge in [0.15, 0.2) is 22.8 Å². The van der Waals surface area contributed by atoms with E-state index in [1.165, 1.54) is 11.8 Å². The number of para-hydroxylation sites is 1. The molecule has 0 saturated carbocycles. The average molecular weight is 508 g/mol. The molecule has 0 spiro atoms. The van der Waals surface area contributed by atoms with Crippen molar-refractivity contribution in [3.05, 3.63) is 56.1 Å². The van der Waals surface area contributed by atoms with Crippen LogP contribution in [0.4, 0.5) is 0 Å². The van der Waals surface area contributed by atoms with E-state index in [0.29, 0.717) is 26.8 Å². The number of rotatable bonds is 3. The summed E-state index contributed by atoms with van der Waals surface area (Å²) >= 11 is 3.41. The highest BCUT2D eigenvalue weighted by molar-refractivity contribution is 14.1. The Morgan fingerprint density at radius 3 is 2.89 bits per heavy atom. The Balaban J connectivity index is 1.96. The van der Waals surface area contributed by atoms with Crippen LogP contribution >= 0.6 is 34.4 Å². The SMILES string of the molecule is CCOc1cc(C2N=c3ccccc3=C3C(=O)NC(SC)=NN32)cc(I)c1O.